The number of pyridine rings is 1. The van der Waals surface area contributed by atoms with Gasteiger partial charge in [-0.15, -0.1) is 11.3 Å². The van der Waals surface area contributed by atoms with Crippen LogP contribution in [0.2, 0.25) is 0 Å². The van der Waals surface area contributed by atoms with Crippen LogP contribution in [0.25, 0.3) is 20.8 Å². The minimum Gasteiger partial charge on any atom is -0.395 e. The van der Waals surface area contributed by atoms with Crippen molar-refractivity contribution in [1.29, 1.82) is 0 Å². The van der Waals surface area contributed by atoms with E-state index >= 15 is 0 Å². The van der Waals surface area contributed by atoms with Gasteiger partial charge in [0.05, 0.1) is 23.0 Å². The Morgan fingerprint density at radius 3 is 2.76 bits per heavy atom. The van der Waals surface area contributed by atoms with Crippen molar-refractivity contribution in [2.24, 2.45) is 0 Å². The van der Waals surface area contributed by atoms with Crippen LogP contribution in [0.4, 0.5) is 17.6 Å². The Morgan fingerprint density at radius 2 is 2.00 bits per heavy atom. The Morgan fingerprint density at radius 1 is 1.14 bits per heavy atom. The lowest BCUT2D eigenvalue weighted by Crippen LogP contribution is -2.47. The zero-order chi connectivity index (χ0) is 25.7. The number of aryl methyl sites for hydroxylation is 1. The lowest BCUT2D eigenvalue weighted by atomic mass is 10.2. The van der Waals surface area contributed by atoms with E-state index in [1.807, 2.05) is 19.1 Å². The van der Waals surface area contributed by atoms with Gasteiger partial charge in [0.2, 0.25) is 5.95 Å². The number of β-amino-alcohol motifs (C(OH)–C–C–N with tert-alkyl or cyclic N) is 1. The van der Waals surface area contributed by atoms with Crippen LogP contribution < -0.4 is 10.2 Å². The van der Waals surface area contributed by atoms with Crippen LogP contribution in [0.5, 0.6) is 0 Å². The predicted molar refractivity (Wildman–Crippen MR) is 142 cm³/mol. The van der Waals surface area contributed by atoms with Crippen molar-refractivity contribution < 1.29 is 13.5 Å². The van der Waals surface area contributed by atoms with Crippen LogP contribution in [0.15, 0.2) is 30.7 Å². The van der Waals surface area contributed by atoms with Crippen molar-refractivity contribution in [3.05, 3.63) is 36.4 Å². The number of piperazine rings is 1. The maximum Gasteiger partial charge on any atom is 0.227 e. The summed E-state index contributed by atoms with van der Waals surface area (Å²) >= 11 is 1.47. The Kier molecular flexibility index (Phi) is 6.06. The SMILES string of the molecule is Cc1cc(Nc2cc3nc(-c4cnn(CS(C)(=O)=O)c4)sc3cn2)nc(N2C[C@@H]3C[C@H]2CN3CCO)n1. The molecule has 2 fully saturated rings. The van der Waals surface area contributed by atoms with Gasteiger partial charge in [-0.1, -0.05) is 0 Å². The largest absolute Gasteiger partial charge is 0.395 e. The van der Waals surface area contributed by atoms with E-state index in [4.69, 9.17) is 9.97 Å². The van der Waals surface area contributed by atoms with E-state index in [1.54, 1.807) is 18.6 Å². The molecule has 12 nitrogen and oxygen atoms in total. The minimum absolute atomic E-state index is 0.173. The number of nitrogens with one attached hydrogen (secondary N) is 1. The van der Waals surface area contributed by atoms with E-state index in [9.17, 15) is 13.5 Å². The quantitative estimate of drug-likeness (QED) is 0.336. The standard InChI is InChI=1S/C23H27N9O3S2/c1-14-5-21(29-23(26-14)32-12-16-6-17(32)11-30(16)3-4-33)28-20-7-18-19(9-24-20)36-22(27-18)15-8-25-31(10-15)13-37(2,34)35/h5,7-10,16-17,33H,3-4,6,11-13H2,1-2H3,(H,24,26,28,29)/t16-,17-/m0/s1. The lowest BCUT2D eigenvalue weighted by molar-refractivity contribution is 0.176. The molecule has 4 aromatic heterocycles. The van der Waals surface area contributed by atoms with Gasteiger partial charge in [0.1, 0.15) is 22.5 Å². The van der Waals surface area contributed by atoms with E-state index in [2.05, 4.69) is 30.2 Å². The monoisotopic (exact) mass is 541 g/mol. The fourth-order valence-electron chi connectivity index (χ4n) is 5.08. The molecule has 37 heavy (non-hydrogen) atoms. The van der Waals surface area contributed by atoms with Gasteiger partial charge in [0.25, 0.3) is 0 Å². The van der Waals surface area contributed by atoms with Gasteiger partial charge >= 0.3 is 0 Å². The maximum absolute atomic E-state index is 11.6. The Labute approximate surface area is 217 Å². The summed E-state index contributed by atoms with van der Waals surface area (Å²) in [6.07, 6.45) is 7.32. The molecule has 2 aliphatic heterocycles. The van der Waals surface area contributed by atoms with E-state index in [-0.39, 0.29) is 12.5 Å². The van der Waals surface area contributed by atoms with Gasteiger partial charge in [-0.2, -0.15) is 10.1 Å². The van der Waals surface area contributed by atoms with Crippen LogP contribution in [0.1, 0.15) is 12.1 Å². The average Bonchev–Trinajstić information content (AvgIpc) is 3.61. The number of likely N-dealkylation sites (tertiary alicyclic amines) is 1. The summed E-state index contributed by atoms with van der Waals surface area (Å²) in [5.41, 5.74) is 2.40. The molecule has 2 saturated heterocycles. The highest BCUT2D eigenvalue weighted by molar-refractivity contribution is 7.89. The number of thiazole rings is 1. The average molecular weight is 542 g/mol. The molecule has 0 radical (unpaired) electrons. The predicted octanol–water partition coefficient (Wildman–Crippen LogP) is 1.65. The summed E-state index contributed by atoms with van der Waals surface area (Å²) in [5, 5.41) is 17.5. The van der Waals surface area contributed by atoms with Crippen molar-refractivity contribution in [2.45, 2.75) is 31.3 Å². The molecule has 4 aromatic rings. The molecule has 0 unspecified atom stereocenters. The zero-order valence-electron chi connectivity index (χ0n) is 20.4. The second kappa shape index (κ2) is 9.28. The lowest BCUT2D eigenvalue weighted by Gasteiger charge is -2.34. The fourth-order valence-corrected chi connectivity index (χ4v) is 6.60. The van der Waals surface area contributed by atoms with Crippen LogP contribution >= 0.6 is 11.3 Å². The molecular formula is C23H27N9O3S2. The first kappa shape index (κ1) is 24.2. The highest BCUT2D eigenvalue weighted by atomic mass is 32.2. The summed E-state index contributed by atoms with van der Waals surface area (Å²) in [5.74, 6) is 1.83. The Hall–Kier alpha value is -3.20. The molecule has 194 valence electrons. The maximum atomic E-state index is 11.6. The number of sulfone groups is 1. The summed E-state index contributed by atoms with van der Waals surface area (Å²) in [4.78, 5) is 23.3. The van der Waals surface area contributed by atoms with Crippen molar-refractivity contribution in [3.63, 3.8) is 0 Å². The third-order valence-corrected chi connectivity index (χ3v) is 8.41. The summed E-state index contributed by atoms with van der Waals surface area (Å²) in [7, 11) is -3.18. The number of rotatable bonds is 8. The van der Waals surface area contributed by atoms with Crippen LogP contribution in [0, 0.1) is 6.92 Å². The molecule has 2 aliphatic rings. The minimum atomic E-state index is -3.18. The van der Waals surface area contributed by atoms with E-state index in [1.165, 1.54) is 22.3 Å². The van der Waals surface area contributed by atoms with Gasteiger partial charge < -0.3 is 15.3 Å². The Bertz CT molecular complexity index is 1570. The molecule has 2 N–H and O–H groups in total. The number of aromatic nitrogens is 6. The summed E-state index contributed by atoms with van der Waals surface area (Å²) in [6.45, 7) is 4.63. The van der Waals surface area contributed by atoms with Gasteiger partial charge in [-0.25, -0.2) is 23.4 Å². The van der Waals surface area contributed by atoms with Crippen molar-refractivity contribution >= 4 is 49.0 Å². The molecule has 2 bridgehead atoms. The topological polar surface area (TPSA) is 142 Å². The van der Waals surface area contributed by atoms with Gasteiger partial charge in [0.15, 0.2) is 9.84 Å². The molecule has 0 spiro atoms. The molecule has 0 aromatic carbocycles. The van der Waals surface area contributed by atoms with Gasteiger partial charge in [-0.3, -0.25) is 9.58 Å². The highest BCUT2D eigenvalue weighted by Gasteiger charge is 2.43. The first-order valence-electron chi connectivity index (χ1n) is 12.0. The number of aliphatic hydroxyl groups is 1. The van der Waals surface area contributed by atoms with Crippen molar-refractivity contribution in [3.8, 4) is 10.6 Å². The Balaban J connectivity index is 1.20. The normalized spacial score (nSPS) is 19.8. The second-order valence-corrected chi connectivity index (χ2v) is 12.8. The number of nitrogens with zero attached hydrogens (tertiary/aromatic N) is 8. The van der Waals surface area contributed by atoms with Crippen LogP contribution in [0.3, 0.4) is 0 Å². The molecule has 0 amide bonds. The molecule has 6 heterocycles. The first-order chi connectivity index (χ1) is 17.7. The fraction of sp³-hybridized carbons (Fsp3) is 0.435. The van der Waals surface area contributed by atoms with Gasteiger partial charge in [0, 0.05) is 73.8 Å². The van der Waals surface area contributed by atoms with Crippen molar-refractivity contribution in [1.82, 2.24) is 34.6 Å². The number of fused-ring (bicyclic) bond motifs is 3. The van der Waals surface area contributed by atoms with E-state index < -0.39 is 9.84 Å². The van der Waals surface area contributed by atoms with Crippen LogP contribution in [-0.2, 0) is 15.7 Å². The van der Waals surface area contributed by atoms with E-state index in [0.717, 1.165) is 46.0 Å². The summed E-state index contributed by atoms with van der Waals surface area (Å²) in [6, 6.07) is 4.55. The molecule has 6 rings (SSSR count). The second-order valence-electron chi connectivity index (χ2n) is 9.61. The molecule has 2 atom stereocenters. The first-order valence-corrected chi connectivity index (χ1v) is 14.8. The highest BCUT2D eigenvalue weighted by Crippen LogP contribution is 2.34. The summed E-state index contributed by atoms with van der Waals surface area (Å²) < 4.78 is 25.4. The third kappa shape index (κ3) is 5.01. The molecular weight excluding hydrogens is 514 g/mol. The van der Waals surface area contributed by atoms with Crippen molar-refractivity contribution in [2.75, 3.05) is 42.7 Å². The molecule has 0 aliphatic carbocycles. The smallest absolute Gasteiger partial charge is 0.227 e. The number of aliphatic hydroxyl groups excluding tert-OH is 1. The van der Waals surface area contributed by atoms with Crippen LogP contribution in [-0.4, -0.2) is 92.7 Å². The molecule has 14 heteroatoms. The molecule has 0 saturated carbocycles. The number of anilines is 3. The third-order valence-electron chi connectivity index (χ3n) is 6.62. The van der Waals surface area contributed by atoms with E-state index in [0.29, 0.717) is 36.2 Å². The zero-order valence-corrected chi connectivity index (χ0v) is 22.1. The van der Waals surface area contributed by atoms with Gasteiger partial charge in [-0.05, 0) is 13.3 Å². The number of hydrogen-bond donors (Lipinski definition) is 2. The number of hydrogen-bond acceptors (Lipinski definition) is 12.